The van der Waals surface area contributed by atoms with Gasteiger partial charge in [0.15, 0.2) is 6.61 Å². The first-order valence-corrected chi connectivity index (χ1v) is 9.94. The predicted molar refractivity (Wildman–Crippen MR) is 110 cm³/mol. The number of ether oxygens (including phenoxy) is 1. The minimum atomic E-state index is -0.200. The van der Waals surface area contributed by atoms with E-state index < -0.39 is 0 Å². The van der Waals surface area contributed by atoms with Gasteiger partial charge in [-0.2, -0.15) is 0 Å². The molecule has 5 nitrogen and oxygen atoms in total. The van der Waals surface area contributed by atoms with Crippen molar-refractivity contribution in [3.8, 4) is 5.75 Å². The van der Waals surface area contributed by atoms with Crippen molar-refractivity contribution < 1.29 is 14.3 Å². The van der Waals surface area contributed by atoms with Crippen molar-refractivity contribution in [1.82, 2.24) is 4.90 Å². The summed E-state index contributed by atoms with van der Waals surface area (Å²) in [5.74, 6) is 0.464. The first-order valence-electron chi connectivity index (χ1n) is 9.94. The van der Waals surface area contributed by atoms with Crippen LogP contribution in [0.2, 0.25) is 0 Å². The molecule has 0 radical (unpaired) electrons. The largest absolute Gasteiger partial charge is 0.483 e. The first kappa shape index (κ1) is 19.9. The fourth-order valence-electron chi connectivity index (χ4n) is 3.52. The SMILES string of the molecule is CC[C@@H](C(=O)Nc1ccc2c(c1)CN([C@@H](C)CC)C(=O)CO2)c1ccccc1. The number of carbonyl (C=O) groups is 2. The summed E-state index contributed by atoms with van der Waals surface area (Å²) < 4.78 is 5.68. The van der Waals surface area contributed by atoms with E-state index in [2.05, 4.69) is 12.2 Å². The highest BCUT2D eigenvalue weighted by Gasteiger charge is 2.25. The Kier molecular flexibility index (Phi) is 6.34. The van der Waals surface area contributed by atoms with Gasteiger partial charge in [-0.05, 0) is 43.5 Å². The van der Waals surface area contributed by atoms with Crippen LogP contribution in [0.15, 0.2) is 48.5 Å². The normalized spacial score (nSPS) is 15.8. The molecule has 28 heavy (non-hydrogen) atoms. The fourth-order valence-corrected chi connectivity index (χ4v) is 3.52. The molecule has 0 aliphatic carbocycles. The molecule has 2 atom stereocenters. The van der Waals surface area contributed by atoms with Crippen LogP contribution >= 0.6 is 0 Å². The summed E-state index contributed by atoms with van der Waals surface area (Å²) in [4.78, 5) is 27.0. The Bertz CT molecular complexity index is 835. The topological polar surface area (TPSA) is 58.6 Å². The third-order valence-electron chi connectivity index (χ3n) is 5.39. The highest BCUT2D eigenvalue weighted by atomic mass is 16.5. The van der Waals surface area contributed by atoms with Gasteiger partial charge in [-0.25, -0.2) is 0 Å². The van der Waals surface area contributed by atoms with Crippen molar-refractivity contribution in [1.29, 1.82) is 0 Å². The minimum Gasteiger partial charge on any atom is -0.483 e. The molecular weight excluding hydrogens is 352 g/mol. The van der Waals surface area contributed by atoms with Crippen LogP contribution in [-0.2, 0) is 16.1 Å². The molecule has 0 saturated carbocycles. The van der Waals surface area contributed by atoms with Gasteiger partial charge in [0.1, 0.15) is 5.75 Å². The van der Waals surface area contributed by atoms with E-state index in [1.807, 2.05) is 67.3 Å². The zero-order chi connectivity index (χ0) is 20.1. The Morgan fingerprint density at radius 2 is 1.89 bits per heavy atom. The molecule has 1 aliphatic heterocycles. The summed E-state index contributed by atoms with van der Waals surface area (Å²) >= 11 is 0. The Hall–Kier alpha value is -2.82. The molecule has 0 spiro atoms. The molecule has 3 rings (SSSR count). The summed E-state index contributed by atoms with van der Waals surface area (Å²) in [5, 5.41) is 3.03. The van der Waals surface area contributed by atoms with E-state index >= 15 is 0 Å². The zero-order valence-corrected chi connectivity index (χ0v) is 16.8. The van der Waals surface area contributed by atoms with Crippen LogP contribution in [0.5, 0.6) is 5.75 Å². The number of nitrogens with one attached hydrogen (secondary N) is 1. The lowest BCUT2D eigenvalue weighted by molar-refractivity contribution is -0.135. The van der Waals surface area contributed by atoms with Gasteiger partial charge in [-0.1, -0.05) is 44.2 Å². The van der Waals surface area contributed by atoms with E-state index in [1.165, 1.54) is 0 Å². The smallest absolute Gasteiger partial charge is 0.261 e. The number of hydrogen-bond donors (Lipinski definition) is 1. The second-order valence-electron chi connectivity index (χ2n) is 7.25. The van der Waals surface area contributed by atoms with Gasteiger partial charge < -0.3 is 15.0 Å². The Morgan fingerprint density at radius 3 is 2.57 bits per heavy atom. The van der Waals surface area contributed by atoms with Crippen LogP contribution in [0.3, 0.4) is 0 Å². The maximum Gasteiger partial charge on any atom is 0.261 e. The second-order valence-corrected chi connectivity index (χ2v) is 7.25. The average molecular weight is 380 g/mol. The minimum absolute atomic E-state index is 0.00809. The maximum atomic E-state index is 12.8. The maximum absolute atomic E-state index is 12.8. The molecule has 0 unspecified atom stereocenters. The van der Waals surface area contributed by atoms with E-state index in [-0.39, 0.29) is 30.4 Å². The van der Waals surface area contributed by atoms with Crippen molar-refractivity contribution in [3.05, 3.63) is 59.7 Å². The van der Waals surface area contributed by atoms with Crippen LogP contribution in [0.4, 0.5) is 5.69 Å². The lowest BCUT2D eigenvalue weighted by Gasteiger charge is -2.26. The zero-order valence-electron chi connectivity index (χ0n) is 16.8. The molecular formula is C23H28N2O3. The van der Waals surface area contributed by atoms with E-state index in [4.69, 9.17) is 4.74 Å². The quantitative estimate of drug-likeness (QED) is 0.811. The molecule has 1 N–H and O–H groups in total. The molecule has 1 aliphatic rings. The molecule has 1 heterocycles. The third-order valence-corrected chi connectivity index (χ3v) is 5.39. The first-order chi connectivity index (χ1) is 13.5. The van der Waals surface area contributed by atoms with Crippen LogP contribution < -0.4 is 10.1 Å². The summed E-state index contributed by atoms with van der Waals surface area (Å²) in [5.41, 5.74) is 2.64. The Balaban J connectivity index is 1.79. The highest BCUT2D eigenvalue weighted by Crippen LogP contribution is 2.29. The van der Waals surface area contributed by atoms with Crippen molar-refractivity contribution in [3.63, 3.8) is 0 Å². The van der Waals surface area contributed by atoms with E-state index in [0.29, 0.717) is 12.3 Å². The summed E-state index contributed by atoms with van der Waals surface area (Å²) in [6.45, 7) is 6.66. The fraction of sp³-hybridized carbons (Fsp3) is 0.391. The molecule has 5 heteroatoms. The number of nitrogens with zero attached hydrogens (tertiary/aromatic N) is 1. The molecule has 2 aromatic rings. The number of anilines is 1. The third kappa shape index (κ3) is 4.35. The summed E-state index contributed by atoms with van der Waals surface area (Å²) in [6, 6.07) is 15.5. The van der Waals surface area contributed by atoms with Gasteiger partial charge in [0.2, 0.25) is 5.91 Å². The van der Waals surface area contributed by atoms with E-state index in [0.717, 1.165) is 29.7 Å². The van der Waals surface area contributed by atoms with Gasteiger partial charge in [-0.3, -0.25) is 9.59 Å². The van der Waals surface area contributed by atoms with Crippen molar-refractivity contribution in [2.24, 2.45) is 0 Å². The monoisotopic (exact) mass is 380 g/mol. The molecule has 0 saturated heterocycles. The molecule has 0 aromatic heterocycles. The van der Waals surface area contributed by atoms with E-state index in [1.54, 1.807) is 0 Å². The lowest BCUT2D eigenvalue weighted by atomic mass is 9.95. The molecule has 0 bridgehead atoms. The van der Waals surface area contributed by atoms with Crippen LogP contribution in [0.25, 0.3) is 0 Å². The molecule has 0 fully saturated rings. The number of benzene rings is 2. The Labute approximate surface area is 166 Å². The predicted octanol–water partition coefficient (Wildman–Crippen LogP) is 4.34. The van der Waals surface area contributed by atoms with Crippen LogP contribution in [0.1, 0.15) is 50.7 Å². The average Bonchev–Trinajstić information content (AvgIpc) is 2.87. The lowest BCUT2D eigenvalue weighted by Crippen LogP contribution is -2.39. The van der Waals surface area contributed by atoms with Gasteiger partial charge >= 0.3 is 0 Å². The summed E-state index contributed by atoms with van der Waals surface area (Å²) in [7, 11) is 0. The van der Waals surface area contributed by atoms with Crippen LogP contribution in [-0.4, -0.2) is 29.4 Å². The van der Waals surface area contributed by atoms with Crippen LogP contribution in [0, 0.1) is 0 Å². The van der Waals surface area contributed by atoms with Gasteiger partial charge in [0.25, 0.3) is 5.91 Å². The summed E-state index contributed by atoms with van der Waals surface area (Å²) in [6.07, 6.45) is 1.60. The number of rotatable bonds is 6. The molecule has 2 aromatic carbocycles. The van der Waals surface area contributed by atoms with Crippen molar-refractivity contribution >= 4 is 17.5 Å². The highest BCUT2D eigenvalue weighted by molar-refractivity contribution is 5.96. The molecule has 2 amide bonds. The van der Waals surface area contributed by atoms with Crippen molar-refractivity contribution in [2.45, 2.75) is 52.1 Å². The number of hydrogen-bond acceptors (Lipinski definition) is 3. The second kappa shape index (κ2) is 8.91. The number of amides is 2. The van der Waals surface area contributed by atoms with Gasteiger partial charge in [0, 0.05) is 23.8 Å². The molecule has 148 valence electrons. The standard InChI is InChI=1S/C23H28N2O3/c1-4-16(3)25-14-18-13-19(11-12-21(18)28-15-22(25)26)24-23(27)20(5-2)17-9-7-6-8-10-17/h6-13,16,20H,4-5,14-15H2,1-3H3,(H,24,27)/t16-,20+/m0/s1. The van der Waals surface area contributed by atoms with Gasteiger partial charge in [0.05, 0.1) is 5.92 Å². The van der Waals surface area contributed by atoms with E-state index in [9.17, 15) is 9.59 Å². The van der Waals surface area contributed by atoms with Gasteiger partial charge in [-0.15, -0.1) is 0 Å². The number of carbonyl (C=O) groups excluding carboxylic acids is 2. The Morgan fingerprint density at radius 1 is 1.14 bits per heavy atom. The van der Waals surface area contributed by atoms with Crippen molar-refractivity contribution in [2.75, 3.05) is 11.9 Å². The number of fused-ring (bicyclic) bond motifs is 1.